The zero-order valence-electron chi connectivity index (χ0n) is 13.0. The molecular formula is C17H12F3N3O2. The first-order chi connectivity index (χ1) is 11.8. The normalized spacial score (nSPS) is 10.0. The number of hydrogen-bond acceptors (Lipinski definition) is 3. The maximum Gasteiger partial charge on any atom is 0.244 e. The molecule has 0 atom stereocenters. The van der Waals surface area contributed by atoms with Crippen molar-refractivity contribution in [1.82, 2.24) is 0 Å². The van der Waals surface area contributed by atoms with Crippen LogP contribution in [0.25, 0.3) is 0 Å². The maximum atomic E-state index is 13.6. The average molecular weight is 347 g/mol. The van der Waals surface area contributed by atoms with Crippen molar-refractivity contribution >= 4 is 23.2 Å². The molecule has 5 nitrogen and oxygen atoms in total. The second kappa shape index (κ2) is 7.49. The van der Waals surface area contributed by atoms with Crippen molar-refractivity contribution in [1.29, 1.82) is 5.26 Å². The molecule has 0 aromatic heterocycles. The first kappa shape index (κ1) is 18.0. The van der Waals surface area contributed by atoms with E-state index in [0.29, 0.717) is 17.3 Å². The molecular weight excluding hydrogens is 335 g/mol. The third kappa shape index (κ3) is 4.14. The summed E-state index contributed by atoms with van der Waals surface area (Å²) >= 11 is 0. The minimum atomic E-state index is -1.70. The van der Waals surface area contributed by atoms with Gasteiger partial charge in [-0.3, -0.25) is 9.59 Å². The van der Waals surface area contributed by atoms with Crippen LogP contribution in [0.1, 0.15) is 12.5 Å². The Bertz CT molecular complexity index is 861. The molecule has 2 rings (SSSR count). The lowest BCUT2D eigenvalue weighted by molar-refractivity contribution is -0.120. The number of halogens is 3. The minimum Gasteiger partial charge on any atom is -0.322 e. The molecule has 0 unspecified atom stereocenters. The molecule has 0 saturated carbocycles. The Balaban J connectivity index is 2.17. The van der Waals surface area contributed by atoms with Crippen LogP contribution in [0.5, 0.6) is 0 Å². The third-order valence-corrected chi connectivity index (χ3v) is 3.30. The van der Waals surface area contributed by atoms with Gasteiger partial charge in [0.2, 0.25) is 11.8 Å². The number of nitrogens with one attached hydrogen (secondary N) is 1. The quantitative estimate of drug-likeness (QED) is 0.864. The molecule has 0 radical (unpaired) electrons. The van der Waals surface area contributed by atoms with Crippen molar-refractivity contribution in [3.63, 3.8) is 0 Å². The molecule has 0 aliphatic rings. The Morgan fingerprint density at radius 2 is 1.72 bits per heavy atom. The zero-order chi connectivity index (χ0) is 18.6. The largest absolute Gasteiger partial charge is 0.322 e. The summed E-state index contributed by atoms with van der Waals surface area (Å²) in [5.74, 6) is -5.87. The standard InChI is InChI=1S/C17H12F3N3O2/c1-10(24)23(12-4-2-11(8-21)3-5-12)9-15(25)22-14-7-6-13(18)16(19)17(14)20/h2-7H,9H2,1H3,(H,22,25). The molecule has 8 heteroatoms. The molecule has 0 heterocycles. The number of hydrogen-bond donors (Lipinski definition) is 1. The predicted octanol–water partition coefficient (Wildman–Crippen LogP) is 2.97. The molecule has 2 aromatic rings. The van der Waals surface area contributed by atoms with Gasteiger partial charge in [-0.1, -0.05) is 0 Å². The molecule has 2 amide bonds. The van der Waals surface area contributed by atoms with Gasteiger partial charge in [0.15, 0.2) is 17.5 Å². The van der Waals surface area contributed by atoms with Gasteiger partial charge in [-0.25, -0.2) is 13.2 Å². The number of anilines is 2. The summed E-state index contributed by atoms with van der Waals surface area (Å²) in [6.45, 7) is 0.753. The summed E-state index contributed by atoms with van der Waals surface area (Å²) in [5.41, 5.74) is 0.195. The number of carbonyl (C=O) groups is 2. The summed E-state index contributed by atoms with van der Waals surface area (Å²) < 4.78 is 39.7. The van der Waals surface area contributed by atoms with E-state index < -0.39 is 41.5 Å². The highest BCUT2D eigenvalue weighted by atomic mass is 19.2. The fraction of sp³-hybridized carbons (Fsp3) is 0.118. The smallest absolute Gasteiger partial charge is 0.244 e. The molecule has 0 aliphatic heterocycles. The van der Waals surface area contributed by atoms with Crippen molar-refractivity contribution in [2.45, 2.75) is 6.92 Å². The van der Waals surface area contributed by atoms with E-state index in [1.807, 2.05) is 6.07 Å². The third-order valence-electron chi connectivity index (χ3n) is 3.30. The number of carbonyl (C=O) groups excluding carboxylic acids is 2. The first-order valence-corrected chi connectivity index (χ1v) is 7.05. The Kier molecular flexibility index (Phi) is 5.39. The van der Waals surface area contributed by atoms with Crippen LogP contribution >= 0.6 is 0 Å². The summed E-state index contributed by atoms with van der Waals surface area (Å²) in [6, 6.07) is 9.38. The highest BCUT2D eigenvalue weighted by Gasteiger charge is 2.19. The van der Waals surface area contributed by atoms with Crippen molar-refractivity contribution in [3.8, 4) is 6.07 Å². The van der Waals surface area contributed by atoms with Gasteiger partial charge in [-0.15, -0.1) is 0 Å². The molecule has 2 aromatic carbocycles. The lowest BCUT2D eigenvalue weighted by Gasteiger charge is -2.20. The molecule has 25 heavy (non-hydrogen) atoms. The number of nitriles is 1. The highest BCUT2D eigenvalue weighted by molar-refractivity contribution is 6.01. The monoisotopic (exact) mass is 347 g/mol. The van der Waals surface area contributed by atoms with E-state index in [9.17, 15) is 22.8 Å². The van der Waals surface area contributed by atoms with E-state index in [0.717, 1.165) is 11.0 Å². The van der Waals surface area contributed by atoms with Crippen LogP contribution in [0.15, 0.2) is 36.4 Å². The van der Waals surface area contributed by atoms with Gasteiger partial charge in [0.25, 0.3) is 0 Å². The van der Waals surface area contributed by atoms with E-state index >= 15 is 0 Å². The van der Waals surface area contributed by atoms with Gasteiger partial charge in [-0.05, 0) is 36.4 Å². The minimum absolute atomic E-state index is 0.354. The number of benzene rings is 2. The second-order valence-corrected chi connectivity index (χ2v) is 5.03. The van der Waals surface area contributed by atoms with E-state index in [1.165, 1.54) is 31.2 Å². The van der Waals surface area contributed by atoms with Crippen LogP contribution in [0, 0.1) is 28.8 Å². The molecule has 0 spiro atoms. The Hall–Kier alpha value is -3.34. The zero-order valence-corrected chi connectivity index (χ0v) is 13.0. The van der Waals surface area contributed by atoms with Gasteiger partial charge in [0, 0.05) is 12.6 Å². The second-order valence-electron chi connectivity index (χ2n) is 5.03. The molecule has 0 fully saturated rings. The topological polar surface area (TPSA) is 73.2 Å². The van der Waals surface area contributed by atoms with E-state index in [-0.39, 0.29) is 0 Å². The summed E-state index contributed by atoms with van der Waals surface area (Å²) in [6.07, 6.45) is 0. The number of amides is 2. The highest BCUT2D eigenvalue weighted by Crippen LogP contribution is 2.20. The van der Waals surface area contributed by atoms with Crippen molar-refractivity contribution in [3.05, 3.63) is 59.4 Å². The molecule has 0 saturated heterocycles. The van der Waals surface area contributed by atoms with Crippen LogP contribution in [0.2, 0.25) is 0 Å². The van der Waals surface area contributed by atoms with Crippen LogP contribution in [-0.4, -0.2) is 18.4 Å². The maximum absolute atomic E-state index is 13.6. The average Bonchev–Trinajstić information content (AvgIpc) is 2.60. The van der Waals surface area contributed by atoms with Crippen LogP contribution in [0.3, 0.4) is 0 Å². The summed E-state index contributed by atoms with van der Waals surface area (Å²) in [7, 11) is 0. The van der Waals surface area contributed by atoms with Crippen molar-refractivity contribution < 1.29 is 22.8 Å². The Labute approximate surface area is 141 Å². The van der Waals surface area contributed by atoms with Gasteiger partial charge in [0.05, 0.1) is 17.3 Å². The van der Waals surface area contributed by atoms with Gasteiger partial charge < -0.3 is 10.2 Å². The Morgan fingerprint density at radius 1 is 1.08 bits per heavy atom. The molecule has 1 N–H and O–H groups in total. The van der Waals surface area contributed by atoms with Crippen LogP contribution in [0.4, 0.5) is 24.5 Å². The Morgan fingerprint density at radius 3 is 2.28 bits per heavy atom. The van der Waals surface area contributed by atoms with Gasteiger partial charge in [-0.2, -0.15) is 5.26 Å². The van der Waals surface area contributed by atoms with E-state index in [4.69, 9.17) is 5.26 Å². The van der Waals surface area contributed by atoms with Crippen LogP contribution < -0.4 is 10.2 Å². The van der Waals surface area contributed by atoms with Gasteiger partial charge in [0.1, 0.15) is 6.54 Å². The lowest BCUT2D eigenvalue weighted by Crippen LogP contribution is -2.36. The summed E-state index contributed by atoms with van der Waals surface area (Å²) in [5, 5.41) is 10.9. The van der Waals surface area contributed by atoms with Gasteiger partial charge >= 0.3 is 0 Å². The SMILES string of the molecule is CC(=O)N(CC(=O)Nc1ccc(F)c(F)c1F)c1ccc(C#N)cc1. The van der Waals surface area contributed by atoms with Crippen molar-refractivity contribution in [2.24, 2.45) is 0 Å². The molecule has 0 aliphatic carbocycles. The van der Waals surface area contributed by atoms with Crippen LogP contribution in [-0.2, 0) is 9.59 Å². The first-order valence-electron chi connectivity index (χ1n) is 7.05. The molecule has 0 bridgehead atoms. The van der Waals surface area contributed by atoms with E-state index in [1.54, 1.807) is 0 Å². The summed E-state index contributed by atoms with van der Waals surface area (Å²) in [4.78, 5) is 24.9. The number of rotatable bonds is 4. The van der Waals surface area contributed by atoms with Crippen molar-refractivity contribution in [2.75, 3.05) is 16.8 Å². The fourth-order valence-electron chi connectivity index (χ4n) is 2.06. The predicted molar refractivity (Wildman–Crippen MR) is 84.1 cm³/mol. The fourth-order valence-corrected chi connectivity index (χ4v) is 2.06. The number of nitrogens with zero attached hydrogens (tertiary/aromatic N) is 2. The van der Waals surface area contributed by atoms with E-state index in [2.05, 4.69) is 5.32 Å². The molecule has 128 valence electrons. The lowest BCUT2D eigenvalue weighted by atomic mass is 10.2.